The fraction of sp³-hybridized carbons (Fsp3) is 0.800. The molecule has 2 aliphatic heterocycles. The fourth-order valence-electron chi connectivity index (χ4n) is 3.15. The summed E-state index contributed by atoms with van der Waals surface area (Å²) in [6, 6.07) is 0.391. The monoisotopic (exact) mass is 323 g/mol. The van der Waals surface area contributed by atoms with Gasteiger partial charge >= 0.3 is 0 Å². The lowest BCUT2D eigenvalue weighted by molar-refractivity contribution is -0.131. The van der Waals surface area contributed by atoms with Crippen molar-refractivity contribution in [2.75, 3.05) is 37.6 Å². The first-order valence-corrected chi connectivity index (χ1v) is 9.12. The van der Waals surface area contributed by atoms with Crippen LogP contribution < -0.4 is 10.2 Å². The molecule has 7 heteroatoms. The SMILES string of the molecule is CCc1nsc(N2CCCN(C(=O)CC3CCCN3)CC2)n1. The number of aromatic nitrogens is 2. The summed E-state index contributed by atoms with van der Waals surface area (Å²) < 4.78 is 4.36. The predicted octanol–water partition coefficient (Wildman–Crippen LogP) is 1.28. The van der Waals surface area contributed by atoms with Gasteiger partial charge in [0.25, 0.3) is 0 Å². The summed E-state index contributed by atoms with van der Waals surface area (Å²) in [7, 11) is 0. The maximum Gasteiger partial charge on any atom is 0.224 e. The van der Waals surface area contributed by atoms with Crippen LogP contribution in [0.15, 0.2) is 0 Å². The van der Waals surface area contributed by atoms with E-state index in [9.17, 15) is 4.79 Å². The summed E-state index contributed by atoms with van der Waals surface area (Å²) in [4.78, 5) is 21.3. The summed E-state index contributed by atoms with van der Waals surface area (Å²) >= 11 is 1.48. The van der Waals surface area contributed by atoms with Crippen molar-refractivity contribution in [3.63, 3.8) is 0 Å². The van der Waals surface area contributed by atoms with Crippen LogP contribution in [0.3, 0.4) is 0 Å². The van der Waals surface area contributed by atoms with Crippen LogP contribution in [0.1, 0.15) is 38.4 Å². The predicted molar refractivity (Wildman–Crippen MR) is 88.3 cm³/mol. The molecular formula is C15H25N5OS. The fourth-order valence-corrected chi connectivity index (χ4v) is 3.95. The number of amides is 1. The summed E-state index contributed by atoms with van der Waals surface area (Å²) in [5, 5.41) is 4.41. The van der Waals surface area contributed by atoms with Crippen molar-refractivity contribution in [2.45, 2.75) is 45.1 Å². The molecule has 6 nitrogen and oxygen atoms in total. The summed E-state index contributed by atoms with van der Waals surface area (Å²) in [5.41, 5.74) is 0. The van der Waals surface area contributed by atoms with Gasteiger partial charge in [-0.05, 0) is 25.8 Å². The van der Waals surface area contributed by atoms with Crippen LogP contribution in [-0.2, 0) is 11.2 Å². The third-order valence-corrected chi connectivity index (χ3v) is 5.29. The van der Waals surface area contributed by atoms with E-state index in [1.807, 2.05) is 4.90 Å². The molecule has 122 valence electrons. The maximum atomic E-state index is 12.4. The first kappa shape index (κ1) is 15.7. The Hall–Kier alpha value is -1.21. The van der Waals surface area contributed by atoms with Gasteiger partial charge in [0.1, 0.15) is 5.82 Å². The van der Waals surface area contributed by atoms with E-state index >= 15 is 0 Å². The van der Waals surface area contributed by atoms with E-state index in [2.05, 4.69) is 26.5 Å². The highest BCUT2D eigenvalue weighted by Crippen LogP contribution is 2.20. The third kappa shape index (κ3) is 3.76. The second kappa shape index (κ2) is 7.37. The number of aryl methyl sites for hydroxylation is 1. The number of rotatable bonds is 4. The zero-order valence-electron chi connectivity index (χ0n) is 13.3. The molecule has 22 heavy (non-hydrogen) atoms. The van der Waals surface area contributed by atoms with Crippen molar-refractivity contribution in [2.24, 2.45) is 0 Å². The van der Waals surface area contributed by atoms with Gasteiger partial charge in [0, 0.05) is 56.6 Å². The molecule has 1 N–H and O–H groups in total. The van der Waals surface area contributed by atoms with Crippen molar-refractivity contribution in [1.82, 2.24) is 19.6 Å². The van der Waals surface area contributed by atoms with Crippen molar-refractivity contribution in [3.8, 4) is 0 Å². The quantitative estimate of drug-likeness (QED) is 0.904. The second-order valence-corrected chi connectivity index (χ2v) is 6.80. The Morgan fingerprint density at radius 3 is 2.95 bits per heavy atom. The standard InChI is InChI=1S/C15H25N5OS/c1-2-13-17-15(22-18-13)20-8-4-7-19(9-10-20)14(21)11-12-5-3-6-16-12/h12,16H,2-11H2,1H3. The minimum absolute atomic E-state index is 0.299. The molecule has 1 aromatic rings. The zero-order chi connectivity index (χ0) is 15.4. The van der Waals surface area contributed by atoms with Gasteiger partial charge in [-0.2, -0.15) is 4.37 Å². The lowest BCUT2D eigenvalue weighted by atomic mass is 10.1. The minimum Gasteiger partial charge on any atom is -0.345 e. The van der Waals surface area contributed by atoms with Gasteiger partial charge in [0.2, 0.25) is 11.0 Å². The van der Waals surface area contributed by atoms with Crippen LogP contribution >= 0.6 is 11.5 Å². The molecule has 3 rings (SSSR count). The van der Waals surface area contributed by atoms with Crippen LogP contribution in [-0.4, -0.2) is 58.9 Å². The Kier molecular flexibility index (Phi) is 5.25. The van der Waals surface area contributed by atoms with Gasteiger partial charge in [-0.25, -0.2) is 4.98 Å². The molecule has 0 spiro atoms. The number of nitrogens with one attached hydrogen (secondary N) is 1. The highest BCUT2D eigenvalue weighted by atomic mass is 32.1. The molecule has 1 aromatic heterocycles. The van der Waals surface area contributed by atoms with E-state index in [-0.39, 0.29) is 0 Å². The van der Waals surface area contributed by atoms with Crippen LogP contribution in [0.25, 0.3) is 0 Å². The van der Waals surface area contributed by atoms with E-state index in [0.717, 1.165) is 62.9 Å². The summed E-state index contributed by atoms with van der Waals surface area (Å²) in [6.45, 7) is 6.62. The van der Waals surface area contributed by atoms with Gasteiger partial charge in [-0.1, -0.05) is 6.92 Å². The second-order valence-electron chi connectivity index (χ2n) is 6.07. The van der Waals surface area contributed by atoms with Crippen LogP contribution in [0.4, 0.5) is 5.13 Å². The molecule has 0 aromatic carbocycles. The smallest absolute Gasteiger partial charge is 0.224 e. The Morgan fingerprint density at radius 2 is 2.23 bits per heavy atom. The lowest BCUT2D eigenvalue weighted by Crippen LogP contribution is -2.38. The van der Waals surface area contributed by atoms with Crippen LogP contribution in [0, 0.1) is 0 Å². The molecule has 1 unspecified atom stereocenters. The Balaban J connectivity index is 1.53. The third-order valence-electron chi connectivity index (χ3n) is 4.48. The highest BCUT2D eigenvalue weighted by Gasteiger charge is 2.24. The molecule has 1 atom stereocenters. The number of nitrogens with zero attached hydrogens (tertiary/aromatic N) is 4. The molecule has 0 saturated carbocycles. The van der Waals surface area contributed by atoms with Crippen molar-refractivity contribution < 1.29 is 4.79 Å². The van der Waals surface area contributed by atoms with Gasteiger partial charge in [-0.15, -0.1) is 0 Å². The van der Waals surface area contributed by atoms with Gasteiger partial charge < -0.3 is 15.1 Å². The number of hydrogen-bond donors (Lipinski definition) is 1. The Bertz CT molecular complexity index is 500. The minimum atomic E-state index is 0.299. The van der Waals surface area contributed by atoms with Crippen molar-refractivity contribution in [1.29, 1.82) is 0 Å². The number of carbonyl (C=O) groups excluding carboxylic acids is 1. The molecule has 1 amide bonds. The summed E-state index contributed by atoms with van der Waals surface area (Å²) in [6.07, 6.45) is 4.87. The molecule has 2 fully saturated rings. The van der Waals surface area contributed by atoms with Gasteiger partial charge in [0.15, 0.2) is 0 Å². The van der Waals surface area contributed by atoms with E-state index in [4.69, 9.17) is 0 Å². The molecule has 2 aliphatic rings. The zero-order valence-corrected chi connectivity index (χ0v) is 14.1. The molecular weight excluding hydrogens is 298 g/mol. The first-order valence-electron chi connectivity index (χ1n) is 8.35. The average molecular weight is 323 g/mol. The summed E-state index contributed by atoms with van der Waals surface area (Å²) in [5.74, 6) is 1.22. The van der Waals surface area contributed by atoms with Crippen molar-refractivity contribution in [3.05, 3.63) is 5.82 Å². The highest BCUT2D eigenvalue weighted by molar-refractivity contribution is 7.09. The number of hydrogen-bond acceptors (Lipinski definition) is 6. The molecule has 0 radical (unpaired) electrons. The van der Waals surface area contributed by atoms with E-state index < -0.39 is 0 Å². The normalized spacial score (nSPS) is 22.9. The molecule has 0 bridgehead atoms. The first-order chi connectivity index (χ1) is 10.8. The lowest BCUT2D eigenvalue weighted by Gasteiger charge is -2.23. The number of anilines is 1. The molecule has 0 aliphatic carbocycles. The largest absolute Gasteiger partial charge is 0.345 e. The van der Waals surface area contributed by atoms with Crippen LogP contribution in [0.2, 0.25) is 0 Å². The Morgan fingerprint density at radius 1 is 1.32 bits per heavy atom. The maximum absolute atomic E-state index is 12.4. The Labute approximate surface area is 136 Å². The van der Waals surface area contributed by atoms with Gasteiger partial charge in [0.05, 0.1) is 0 Å². The average Bonchev–Trinajstić information content (AvgIpc) is 3.14. The van der Waals surface area contributed by atoms with Crippen LogP contribution in [0.5, 0.6) is 0 Å². The van der Waals surface area contributed by atoms with E-state index in [1.165, 1.54) is 18.0 Å². The molecule has 3 heterocycles. The van der Waals surface area contributed by atoms with E-state index in [1.54, 1.807) is 0 Å². The topological polar surface area (TPSA) is 61.4 Å². The van der Waals surface area contributed by atoms with Crippen molar-refractivity contribution >= 4 is 22.6 Å². The number of carbonyl (C=O) groups is 1. The van der Waals surface area contributed by atoms with Gasteiger partial charge in [-0.3, -0.25) is 4.79 Å². The van der Waals surface area contributed by atoms with E-state index in [0.29, 0.717) is 18.4 Å². The molecule has 2 saturated heterocycles.